The fraction of sp³-hybridized carbons (Fsp3) is 0.733. The van der Waals surface area contributed by atoms with Crippen molar-refractivity contribution < 1.29 is 4.74 Å². The van der Waals surface area contributed by atoms with Crippen molar-refractivity contribution in [2.75, 3.05) is 0 Å². The SMILES string of the molecule is O=c1[nH]c(Cl)c(C2CCCC2)c(=O)n1C1CC2CCC1O2. The molecule has 114 valence electrons. The molecule has 3 heterocycles. The van der Waals surface area contributed by atoms with Crippen LogP contribution < -0.4 is 11.2 Å². The lowest BCUT2D eigenvalue weighted by atomic mass is 9.94. The Bertz CT molecular complexity index is 674. The predicted molar refractivity (Wildman–Crippen MR) is 79.1 cm³/mol. The summed E-state index contributed by atoms with van der Waals surface area (Å²) in [6, 6.07) is -0.127. The second kappa shape index (κ2) is 4.99. The van der Waals surface area contributed by atoms with Gasteiger partial charge in [0.1, 0.15) is 5.15 Å². The molecule has 3 fully saturated rings. The number of hydrogen-bond acceptors (Lipinski definition) is 3. The third-order valence-electron chi connectivity index (χ3n) is 5.29. The van der Waals surface area contributed by atoms with Crippen LogP contribution in [0.2, 0.25) is 5.15 Å². The maximum absolute atomic E-state index is 12.9. The minimum Gasteiger partial charge on any atom is -0.373 e. The third-order valence-corrected chi connectivity index (χ3v) is 5.59. The summed E-state index contributed by atoms with van der Waals surface area (Å²) in [4.78, 5) is 27.8. The van der Waals surface area contributed by atoms with Gasteiger partial charge >= 0.3 is 5.69 Å². The summed E-state index contributed by atoms with van der Waals surface area (Å²) in [5, 5.41) is 0.234. The quantitative estimate of drug-likeness (QED) is 0.853. The van der Waals surface area contributed by atoms with Crippen molar-refractivity contribution in [1.29, 1.82) is 0 Å². The molecule has 3 atom stereocenters. The maximum atomic E-state index is 12.9. The molecule has 1 saturated carbocycles. The van der Waals surface area contributed by atoms with Crippen LogP contribution in [0.25, 0.3) is 0 Å². The van der Waals surface area contributed by atoms with E-state index >= 15 is 0 Å². The molecule has 0 aromatic carbocycles. The molecule has 0 radical (unpaired) electrons. The van der Waals surface area contributed by atoms with Crippen LogP contribution in [0.4, 0.5) is 0 Å². The number of halogens is 1. The van der Waals surface area contributed by atoms with Crippen LogP contribution >= 0.6 is 11.6 Å². The fourth-order valence-corrected chi connectivity index (χ4v) is 4.61. The molecule has 4 rings (SSSR count). The second-order valence-corrected chi connectivity index (χ2v) is 6.87. The molecule has 2 bridgehead atoms. The van der Waals surface area contributed by atoms with Gasteiger partial charge < -0.3 is 4.74 Å². The van der Waals surface area contributed by atoms with E-state index in [1.165, 1.54) is 4.57 Å². The molecule has 3 unspecified atom stereocenters. The molecule has 1 aromatic heterocycles. The van der Waals surface area contributed by atoms with Gasteiger partial charge in [0.05, 0.1) is 23.8 Å². The molecular formula is C15H19ClN2O3. The predicted octanol–water partition coefficient (Wildman–Crippen LogP) is 2.34. The summed E-state index contributed by atoms with van der Waals surface area (Å²) < 4.78 is 7.18. The van der Waals surface area contributed by atoms with Gasteiger partial charge in [0.2, 0.25) is 0 Å². The van der Waals surface area contributed by atoms with Gasteiger partial charge in [-0.05, 0) is 38.0 Å². The first-order chi connectivity index (χ1) is 10.1. The lowest BCUT2D eigenvalue weighted by Crippen LogP contribution is -2.43. The van der Waals surface area contributed by atoms with E-state index in [1.54, 1.807) is 0 Å². The zero-order valence-electron chi connectivity index (χ0n) is 11.8. The topological polar surface area (TPSA) is 64.1 Å². The highest BCUT2D eigenvalue weighted by Gasteiger charge is 2.43. The zero-order chi connectivity index (χ0) is 14.6. The van der Waals surface area contributed by atoms with Crippen molar-refractivity contribution in [2.24, 2.45) is 0 Å². The Balaban J connectivity index is 1.82. The monoisotopic (exact) mass is 310 g/mol. The number of nitrogens with zero attached hydrogens (tertiary/aromatic N) is 1. The van der Waals surface area contributed by atoms with Crippen LogP contribution in [0, 0.1) is 0 Å². The lowest BCUT2D eigenvalue weighted by molar-refractivity contribution is 0.0927. The van der Waals surface area contributed by atoms with E-state index in [4.69, 9.17) is 16.3 Å². The Morgan fingerprint density at radius 2 is 1.90 bits per heavy atom. The summed E-state index contributed by atoms with van der Waals surface area (Å²) in [6.45, 7) is 0. The third kappa shape index (κ3) is 2.09. The van der Waals surface area contributed by atoms with E-state index in [0.717, 1.165) is 44.9 Å². The van der Waals surface area contributed by atoms with Gasteiger partial charge in [0.25, 0.3) is 5.56 Å². The summed E-state index contributed by atoms with van der Waals surface area (Å²) in [5.74, 6) is 0.188. The smallest absolute Gasteiger partial charge is 0.329 e. The molecule has 5 nitrogen and oxygen atoms in total. The van der Waals surface area contributed by atoms with Crippen LogP contribution in [0.3, 0.4) is 0 Å². The number of H-pyrrole nitrogens is 1. The summed E-state index contributed by atoms with van der Waals surface area (Å²) in [6.07, 6.45) is 7.15. The van der Waals surface area contributed by atoms with E-state index in [1.807, 2.05) is 0 Å². The molecule has 2 saturated heterocycles. The van der Waals surface area contributed by atoms with E-state index in [-0.39, 0.29) is 34.9 Å². The van der Waals surface area contributed by atoms with Crippen molar-refractivity contribution in [3.05, 3.63) is 31.6 Å². The Kier molecular flexibility index (Phi) is 3.23. The van der Waals surface area contributed by atoms with Gasteiger partial charge in [0, 0.05) is 0 Å². The Morgan fingerprint density at radius 3 is 2.52 bits per heavy atom. The Hall–Kier alpha value is -1.07. The molecule has 1 aliphatic carbocycles. The molecule has 1 N–H and O–H groups in total. The van der Waals surface area contributed by atoms with Crippen LogP contribution in [-0.4, -0.2) is 21.8 Å². The zero-order valence-corrected chi connectivity index (χ0v) is 12.6. The normalized spacial score (nSPS) is 32.1. The number of rotatable bonds is 2. The first-order valence-electron chi connectivity index (χ1n) is 7.85. The first-order valence-corrected chi connectivity index (χ1v) is 8.22. The number of hydrogen-bond donors (Lipinski definition) is 1. The molecule has 0 spiro atoms. The van der Waals surface area contributed by atoms with E-state index in [9.17, 15) is 9.59 Å². The Morgan fingerprint density at radius 1 is 1.14 bits per heavy atom. The van der Waals surface area contributed by atoms with Gasteiger partial charge in [-0.2, -0.15) is 0 Å². The van der Waals surface area contributed by atoms with Crippen molar-refractivity contribution >= 4 is 11.6 Å². The van der Waals surface area contributed by atoms with Crippen molar-refractivity contribution in [3.63, 3.8) is 0 Å². The summed E-state index contributed by atoms with van der Waals surface area (Å²) in [5.41, 5.74) is 0.0150. The second-order valence-electron chi connectivity index (χ2n) is 6.49. The minimum absolute atomic E-state index is 0.00593. The molecule has 6 heteroatoms. The van der Waals surface area contributed by atoms with Crippen LogP contribution in [0.1, 0.15) is 62.5 Å². The van der Waals surface area contributed by atoms with Crippen LogP contribution in [0.5, 0.6) is 0 Å². The van der Waals surface area contributed by atoms with E-state index in [2.05, 4.69) is 4.98 Å². The Labute approximate surface area is 127 Å². The van der Waals surface area contributed by atoms with Crippen LogP contribution in [0.15, 0.2) is 9.59 Å². The molecule has 2 aliphatic heterocycles. The van der Waals surface area contributed by atoms with Gasteiger partial charge in [-0.1, -0.05) is 24.4 Å². The van der Waals surface area contributed by atoms with Gasteiger partial charge in [-0.15, -0.1) is 0 Å². The standard InChI is InChI=1S/C15H19ClN2O3/c16-13-12(8-3-1-2-4-8)14(19)18(15(20)17-13)10-7-9-5-6-11(10)21-9/h8-11H,1-7H2,(H,17,20). The maximum Gasteiger partial charge on any atom is 0.329 e. The number of fused-ring (bicyclic) bond motifs is 2. The average Bonchev–Trinajstić information content (AvgIpc) is 3.15. The number of aromatic nitrogens is 2. The van der Waals surface area contributed by atoms with Gasteiger partial charge in [-0.25, -0.2) is 4.79 Å². The van der Waals surface area contributed by atoms with Gasteiger partial charge in [-0.3, -0.25) is 14.3 Å². The molecule has 3 aliphatic rings. The highest BCUT2D eigenvalue weighted by atomic mass is 35.5. The molecule has 1 aromatic rings. The molecule has 21 heavy (non-hydrogen) atoms. The summed E-state index contributed by atoms with van der Waals surface area (Å²) in [7, 11) is 0. The number of nitrogens with one attached hydrogen (secondary N) is 1. The van der Waals surface area contributed by atoms with E-state index in [0.29, 0.717) is 5.56 Å². The van der Waals surface area contributed by atoms with Crippen LogP contribution in [-0.2, 0) is 4.74 Å². The highest BCUT2D eigenvalue weighted by molar-refractivity contribution is 6.30. The minimum atomic E-state index is -0.395. The largest absolute Gasteiger partial charge is 0.373 e. The van der Waals surface area contributed by atoms with E-state index < -0.39 is 5.69 Å². The van der Waals surface area contributed by atoms with Gasteiger partial charge in [0.15, 0.2) is 0 Å². The molecule has 0 amide bonds. The van der Waals surface area contributed by atoms with Crippen molar-refractivity contribution in [2.45, 2.75) is 69.1 Å². The van der Waals surface area contributed by atoms with Crippen molar-refractivity contribution in [1.82, 2.24) is 9.55 Å². The summed E-state index contributed by atoms with van der Waals surface area (Å²) >= 11 is 6.17. The lowest BCUT2D eigenvalue weighted by Gasteiger charge is -2.22. The fourth-order valence-electron chi connectivity index (χ4n) is 4.29. The molecular weight excluding hydrogens is 292 g/mol. The number of aromatic amines is 1. The highest BCUT2D eigenvalue weighted by Crippen LogP contribution is 2.41. The average molecular weight is 311 g/mol. The first kappa shape index (κ1) is 13.6. The van der Waals surface area contributed by atoms with Crippen molar-refractivity contribution in [3.8, 4) is 0 Å². The number of ether oxygens (including phenoxy) is 1.